The summed E-state index contributed by atoms with van der Waals surface area (Å²) in [5, 5.41) is 0. The molecule has 0 aromatic heterocycles. The molecule has 0 aliphatic heterocycles. The standard InChI is InChI=1S/C9H6F4O2S/c1-2-6-4-3-5-7(8(6)10)16(14,15)9(11,12)13/h2-5H,1H2. The highest BCUT2D eigenvalue weighted by molar-refractivity contribution is 7.92. The summed E-state index contributed by atoms with van der Waals surface area (Å²) in [6, 6.07) is 2.70. The third-order valence-electron chi connectivity index (χ3n) is 1.81. The van der Waals surface area contributed by atoms with Gasteiger partial charge in [-0.25, -0.2) is 12.8 Å². The van der Waals surface area contributed by atoms with Gasteiger partial charge in [-0.15, -0.1) is 0 Å². The highest BCUT2D eigenvalue weighted by Crippen LogP contribution is 2.32. The molecule has 0 aliphatic rings. The Kier molecular flexibility index (Phi) is 3.09. The highest BCUT2D eigenvalue weighted by Gasteiger charge is 2.48. The lowest BCUT2D eigenvalue weighted by atomic mass is 10.2. The van der Waals surface area contributed by atoms with Crippen LogP contribution in [0.3, 0.4) is 0 Å². The van der Waals surface area contributed by atoms with Crippen molar-refractivity contribution in [3.8, 4) is 0 Å². The molecule has 0 heterocycles. The van der Waals surface area contributed by atoms with E-state index in [0.717, 1.165) is 18.2 Å². The van der Waals surface area contributed by atoms with E-state index in [9.17, 15) is 26.0 Å². The maximum atomic E-state index is 13.3. The van der Waals surface area contributed by atoms with Crippen molar-refractivity contribution in [1.29, 1.82) is 0 Å². The number of alkyl halides is 3. The van der Waals surface area contributed by atoms with Crippen molar-refractivity contribution in [3.63, 3.8) is 0 Å². The van der Waals surface area contributed by atoms with Gasteiger partial charge in [0.25, 0.3) is 9.84 Å². The van der Waals surface area contributed by atoms with Crippen LogP contribution >= 0.6 is 0 Å². The molecule has 1 aromatic carbocycles. The molecule has 0 bridgehead atoms. The molecule has 1 aromatic rings. The van der Waals surface area contributed by atoms with Gasteiger partial charge in [0.1, 0.15) is 10.7 Å². The second-order valence-electron chi connectivity index (χ2n) is 2.81. The lowest BCUT2D eigenvalue weighted by molar-refractivity contribution is -0.0437. The minimum atomic E-state index is -5.66. The number of halogens is 4. The average molecular weight is 254 g/mol. The van der Waals surface area contributed by atoms with Crippen LogP contribution in [0, 0.1) is 5.82 Å². The Morgan fingerprint density at radius 1 is 1.25 bits per heavy atom. The van der Waals surface area contributed by atoms with Gasteiger partial charge in [0.05, 0.1) is 0 Å². The van der Waals surface area contributed by atoms with Crippen LogP contribution in [0.2, 0.25) is 0 Å². The van der Waals surface area contributed by atoms with E-state index in [2.05, 4.69) is 6.58 Å². The predicted octanol–water partition coefficient (Wildman–Crippen LogP) is 2.76. The van der Waals surface area contributed by atoms with Crippen LogP contribution in [0.5, 0.6) is 0 Å². The summed E-state index contributed by atoms with van der Waals surface area (Å²) in [4.78, 5) is -1.39. The van der Waals surface area contributed by atoms with Crippen molar-refractivity contribution in [2.45, 2.75) is 10.4 Å². The lowest BCUT2D eigenvalue weighted by Crippen LogP contribution is -2.24. The Bertz CT molecular complexity index is 517. The summed E-state index contributed by atoms with van der Waals surface area (Å²) in [6.07, 6.45) is 0.935. The SMILES string of the molecule is C=Cc1cccc(S(=O)(=O)C(F)(F)F)c1F. The Balaban J connectivity index is 3.53. The van der Waals surface area contributed by atoms with Crippen LogP contribution in [-0.4, -0.2) is 13.9 Å². The van der Waals surface area contributed by atoms with Gasteiger partial charge in [-0.3, -0.25) is 0 Å². The maximum Gasteiger partial charge on any atom is 0.502 e. The molecule has 0 atom stereocenters. The van der Waals surface area contributed by atoms with Crippen molar-refractivity contribution < 1.29 is 26.0 Å². The van der Waals surface area contributed by atoms with Crippen LogP contribution in [-0.2, 0) is 9.84 Å². The van der Waals surface area contributed by atoms with Gasteiger partial charge in [-0.2, -0.15) is 13.2 Å². The highest BCUT2D eigenvalue weighted by atomic mass is 32.2. The van der Waals surface area contributed by atoms with Crippen LogP contribution in [0.4, 0.5) is 17.6 Å². The first kappa shape index (κ1) is 12.7. The van der Waals surface area contributed by atoms with Gasteiger partial charge in [-0.05, 0) is 6.07 Å². The van der Waals surface area contributed by atoms with Gasteiger partial charge in [0, 0.05) is 5.56 Å². The first-order valence-electron chi connectivity index (χ1n) is 3.94. The van der Waals surface area contributed by atoms with Crippen LogP contribution in [0.25, 0.3) is 6.08 Å². The largest absolute Gasteiger partial charge is 0.502 e. The quantitative estimate of drug-likeness (QED) is 0.760. The first-order valence-corrected chi connectivity index (χ1v) is 5.42. The molecular weight excluding hydrogens is 248 g/mol. The Labute approximate surface area is 89.1 Å². The summed E-state index contributed by atoms with van der Waals surface area (Å²) in [5.41, 5.74) is -5.82. The molecule has 0 saturated heterocycles. The zero-order chi connectivity index (χ0) is 12.6. The number of benzene rings is 1. The Morgan fingerprint density at radius 3 is 2.25 bits per heavy atom. The molecule has 0 N–H and O–H groups in total. The Hall–Kier alpha value is -1.37. The fourth-order valence-corrected chi connectivity index (χ4v) is 1.88. The lowest BCUT2D eigenvalue weighted by Gasteiger charge is -2.09. The van der Waals surface area contributed by atoms with E-state index in [1.165, 1.54) is 0 Å². The maximum absolute atomic E-state index is 13.3. The van der Waals surface area contributed by atoms with E-state index in [4.69, 9.17) is 0 Å². The topological polar surface area (TPSA) is 34.1 Å². The fourth-order valence-electron chi connectivity index (χ4n) is 1.02. The van der Waals surface area contributed by atoms with Crippen LogP contribution < -0.4 is 0 Å². The van der Waals surface area contributed by atoms with Crippen molar-refractivity contribution in [3.05, 3.63) is 36.2 Å². The zero-order valence-corrected chi connectivity index (χ0v) is 8.57. The number of sulfone groups is 1. The van der Waals surface area contributed by atoms with Gasteiger partial charge in [-0.1, -0.05) is 24.8 Å². The van der Waals surface area contributed by atoms with E-state index in [0.29, 0.717) is 6.07 Å². The molecule has 1 rings (SSSR count). The zero-order valence-electron chi connectivity index (χ0n) is 7.75. The molecule has 0 saturated carbocycles. The minimum Gasteiger partial charge on any atom is -0.214 e. The molecule has 0 spiro atoms. The molecule has 0 aliphatic carbocycles. The third kappa shape index (κ3) is 1.95. The molecule has 0 fully saturated rings. The third-order valence-corrected chi connectivity index (χ3v) is 3.31. The van der Waals surface area contributed by atoms with Crippen LogP contribution in [0.15, 0.2) is 29.7 Å². The second kappa shape index (κ2) is 3.89. The van der Waals surface area contributed by atoms with Crippen LogP contribution in [0.1, 0.15) is 5.56 Å². The van der Waals surface area contributed by atoms with E-state index < -0.39 is 26.1 Å². The molecule has 0 unspecified atom stereocenters. The fraction of sp³-hybridized carbons (Fsp3) is 0.111. The average Bonchev–Trinajstić information content (AvgIpc) is 2.16. The number of rotatable bonds is 2. The molecule has 0 radical (unpaired) electrons. The van der Waals surface area contributed by atoms with Gasteiger partial charge < -0.3 is 0 Å². The van der Waals surface area contributed by atoms with Gasteiger partial charge in [0.15, 0.2) is 0 Å². The molecule has 0 amide bonds. The molecule has 88 valence electrons. The molecule has 7 heteroatoms. The van der Waals surface area contributed by atoms with Gasteiger partial charge in [0.2, 0.25) is 0 Å². The van der Waals surface area contributed by atoms with Crippen molar-refractivity contribution >= 4 is 15.9 Å². The summed E-state index contributed by atoms with van der Waals surface area (Å²) in [7, 11) is -5.66. The monoisotopic (exact) mass is 254 g/mol. The number of hydrogen-bond acceptors (Lipinski definition) is 2. The molecule has 16 heavy (non-hydrogen) atoms. The van der Waals surface area contributed by atoms with Crippen molar-refractivity contribution in [2.75, 3.05) is 0 Å². The van der Waals surface area contributed by atoms with Crippen molar-refractivity contribution in [1.82, 2.24) is 0 Å². The minimum absolute atomic E-state index is 0.301. The normalized spacial score (nSPS) is 12.5. The first-order chi connectivity index (χ1) is 7.21. The molecular formula is C9H6F4O2S. The predicted molar refractivity (Wildman–Crippen MR) is 49.7 cm³/mol. The van der Waals surface area contributed by atoms with E-state index >= 15 is 0 Å². The molecule has 2 nitrogen and oxygen atoms in total. The van der Waals surface area contributed by atoms with E-state index in [-0.39, 0.29) is 5.56 Å². The summed E-state index contributed by atoms with van der Waals surface area (Å²) in [6.45, 7) is 3.16. The van der Waals surface area contributed by atoms with Gasteiger partial charge >= 0.3 is 5.51 Å². The smallest absolute Gasteiger partial charge is 0.214 e. The van der Waals surface area contributed by atoms with E-state index in [1.54, 1.807) is 0 Å². The Morgan fingerprint density at radius 2 is 1.81 bits per heavy atom. The summed E-state index contributed by atoms with van der Waals surface area (Å²) >= 11 is 0. The number of hydrogen-bond donors (Lipinski definition) is 0. The van der Waals surface area contributed by atoms with Crippen molar-refractivity contribution in [2.24, 2.45) is 0 Å². The summed E-state index contributed by atoms with van der Waals surface area (Å²) < 4.78 is 71.7. The summed E-state index contributed by atoms with van der Waals surface area (Å²) in [5.74, 6) is -1.45. The van der Waals surface area contributed by atoms with E-state index in [1.807, 2.05) is 0 Å². The second-order valence-corrected chi connectivity index (χ2v) is 4.72.